The van der Waals surface area contributed by atoms with Gasteiger partial charge in [-0.15, -0.1) is 0 Å². The number of rotatable bonds is 6. The monoisotopic (exact) mass is 239 g/mol. The van der Waals surface area contributed by atoms with Crippen LogP contribution in [0.5, 0.6) is 0 Å². The molecule has 0 aliphatic carbocycles. The SMILES string of the molecule is CCC(CC)NCCN1CCN2CCCC2C1. The van der Waals surface area contributed by atoms with Crippen LogP contribution in [-0.2, 0) is 0 Å². The van der Waals surface area contributed by atoms with Crippen LogP contribution in [0.25, 0.3) is 0 Å². The van der Waals surface area contributed by atoms with Gasteiger partial charge in [-0.1, -0.05) is 13.8 Å². The molecule has 0 saturated carbocycles. The van der Waals surface area contributed by atoms with E-state index in [1.54, 1.807) is 0 Å². The zero-order valence-corrected chi connectivity index (χ0v) is 11.6. The molecule has 0 bridgehead atoms. The molecule has 1 unspecified atom stereocenters. The fourth-order valence-corrected chi connectivity index (χ4v) is 3.26. The lowest BCUT2D eigenvalue weighted by atomic mass is 10.1. The smallest absolute Gasteiger partial charge is 0.0224 e. The third-order valence-electron chi connectivity index (χ3n) is 4.52. The van der Waals surface area contributed by atoms with E-state index in [1.807, 2.05) is 0 Å². The third kappa shape index (κ3) is 3.67. The summed E-state index contributed by atoms with van der Waals surface area (Å²) in [5, 5.41) is 3.67. The van der Waals surface area contributed by atoms with E-state index in [-0.39, 0.29) is 0 Å². The number of hydrogen-bond acceptors (Lipinski definition) is 3. The standard InChI is InChI=1S/C14H29N3/c1-3-13(4-2)15-7-9-16-10-11-17-8-5-6-14(17)12-16/h13-15H,3-12H2,1-2H3. The normalized spacial score (nSPS) is 26.6. The van der Waals surface area contributed by atoms with E-state index in [0.29, 0.717) is 0 Å². The minimum Gasteiger partial charge on any atom is -0.313 e. The fraction of sp³-hybridized carbons (Fsp3) is 1.00. The molecule has 2 aliphatic heterocycles. The second-order valence-corrected chi connectivity index (χ2v) is 5.60. The van der Waals surface area contributed by atoms with Crippen molar-refractivity contribution in [2.24, 2.45) is 0 Å². The van der Waals surface area contributed by atoms with Gasteiger partial charge < -0.3 is 5.32 Å². The van der Waals surface area contributed by atoms with Gasteiger partial charge in [0, 0.05) is 44.8 Å². The van der Waals surface area contributed by atoms with Crippen molar-refractivity contribution < 1.29 is 0 Å². The van der Waals surface area contributed by atoms with Crippen molar-refractivity contribution in [3.05, 3.63) is 0 Å². The first kappa shape index (κ1) is 13.3. The molecule has 0 aromatic heterocycles. The van der Waals surface area contributed by atoms with Crippen LogP contribution < -0.4 is 5.32 Å². The summed E-state index contributed by atoms with van der Waals surface area (Å²) in [5.41, 5.74) is 0. The van der Waals surface area contributed by atoms with Gasteiger partial charge in [0.25, 0.3) is 0 Å². The molecule has 100 valence electrons. The summed E-state index contributed by atoms with van der Waals surface area (Å²) >= 11 is 0. The van der Waals surface area contributed by atoms with Gasteiger partial charge in [0.2, 0.25) is 0 Å². The Morgan fingerprint density at radius 3 is 2.76 bits per heavy atom. The lowest BCUT2D eigenvalue weighted by Crippen LogP contribution is -2.51. The summed E-state index contributed by atoms with van der Waals surface area (Å²) in [6.07, 6.45) is 5.36. The van der Waals surface area contributed by atoms with Gasteiger partial charge in [-0.25, -0.2) is 0 Å². The number of nitrogens with zero attached hydrogens (tertiary/aromatic N) is 2. The van der Waals surface area contributed by atoms with Gasteiger partial charge in [0.05, 0.1) is 0 Å². The predicted molar refractivity (Wildman–Crippen MR) is 73.4 cm³/mol. The van der Waals surface area contributed by atoms with E-state index in [4.69, 9.17) is 0 Å². The highest BCUT2D eigenvalue weighted by Gasteiger charge is 2.29. The molecular formula is C14H29N3. The molecule has 2 heterocycles. The van der Waals surface area contributed by atoms with E-state index in [9.17, 15) is 0 Å². The molecule has 1 atom stereocenters. The predicted octanol–water partition coefficient (Wildman–Crippen LogP) is 1.54. The topological polar surface area (TPSA) is 18.5 Å². The van der Waals surface area contributed by atoms with Gasteiger partial charge in [-0.3, -0.25) is 9.80 Å². The van der Waals surface area contributed by atoms with Crippen LogP contribution in [0.3, 0.4) is 0 Å². The Bertz CT molecular complexity index is 216. The van der Waals surface area contributed by atoms with E-state index < -0.39 is 0 Å². The van der Waals surface area contributed by atoms with Crippen molar-refractivity contribution in [3.63, 3.8) is 0 Å². The summed E-state index contributed by atoms with van der Waals surface area (Å²) in [4.78, 5) is 5.34. The maximum atomic E-state index is 3.67. The zero-order valence-electron chi connectivity index (χ0n) is 11.6. The summed E-state index contributed by atoms with van der Waals surface area (Å²) < 4.78 is 0. The van der Waals surface area contributed by atoms with Gasteiger partial charge in [0.15, 0.2) is 0 Å². The van der Waals surface area contributed by atoms with Crippen LogP contribution in [0.1, 0.15) is 39.5 Å². The Labute approximate surface area is 107 Å². The highest BCUT2D eigenvalue weighted by molar-refractivity contribution is 4.86. The van der Waals surface area contributed by atoms with Gasteiger partial charge in [0.1, 0.15) is 0 Å². The molecule has 2 fully saturated rings. The third-order valence-corrected chi connectivity index (χ3v) is 4.52. The number of nitrogens with one attached hydrogen (secondary N) is 1. The summed E-state index contributed by atoms with van der Waals surface area (Å²) in [6, 6.07) is 1.60. The first-order chi connectivity index (χ1) is 8.33. The highest BCUT2D eigenvalue weighted by atomic mass is 15.3. The quantitative estimate of drug-likeness (QED) is 0.758. The summed E-state index contributed by atoms with van der Waals surface area (Å²) in [5.74, 6) is 0. The lowest BCUT2D eigenvalue weighted by molar-refractivity contribution is 0.104. The van der Waals surface area contributed by atoms with Crippen LogP contribution >= 0.6 is 0 Å². The average Bonchev–Trinajstić information content (AvgIpc) is 2.82. The molecule has 17 heavy (non-hydrogen) atoms. The Morgan fingerprint density at radius 1 is 1.18 bits per heavy atom. The van der Waals surface area contributed by atoms with Gasteiger partial charge in [-0.05, 0) is 32.2 Å². The molecular weight excluding hydrogens is 210 g/mol. The minimum atomic E-state index is 0.725. The molecule has 2 rings (SSSR count). The van der Waals surface area contributed by atoms with Gasteiger partial charge >= 0.3 is 0 Å². The average molecular weight is 239 g/mol. The summed E-state index contributed by atoms with van der Waals surface area (Å²) in [6.45, 7) is 12.2. The van der Waals surface area contributed by atoms with E-state index in [2.05, 4.69) is 29.0 Å². The van der Waals surface area contributed by atoms with Crippen molar-refractivity contribution in [1.82, 2.24) is 15.1 Å². The molecule has 3 heteroatoms. The molecule has 0 spiro atoms. The van der Waals surface area contributed by atoms with E-state index >= 15 is 0 Å². The zero-order chi connectivity index (χ0) is 12.1. The number of hydrogen-bond donors (Lipinski definition) is 1. The molecule has 0 radical (unpaired) electrons. The molecule has 0 aromatic rings. The molecule has 2 saturated heterocycles. The molecule has 3 nitrogen and oxygen atoms in total. The Hall–Kier alpha value is -0.120. The van der Waals surface area contributed by atoms with Crippen LogP contribution in [0, 0.1) is 0 Å². The molecule has 0 amide bonds. The molecule has 0 aromatic carbocycles. The van der Waals surface area contributed by atoms with Crippen LogP contribution in [-0.4, -0.2) is 61.2 Å². The van der Waals surface area contributed by atoms with Crippen LogP contribution in [0.4, 0.5) is 0 Å². The summed E-state index contributed by atoms with van der Waals surface area (Å²) in [7, 11) is 0. The van der Waals surface area contributed by atoms with Crippen molar-refractivity contribution in [3.8, 4) is 0 Å². The highest BCUT2D eigenvalue weighted by Crippen LogP contribution is 2.20. The lowest BCUT2D eigenvalue weighted by Gasteiger charge is -2.37. The first-order valence-electron chi connectivity index (χ1n) is 7.53. The van der Waals surface area contributed by atoms with Crippen molar-refractivity contribution >= 4 is 0 Å². The van der Waals surface area contributed by atoms with Gasteiger partial charge in [-0.2, -0.15) is 0 Å². The second-order valence-electron chi connectivity index (χ2n) is 5.60. The largest absolute Gasteiger partial charge is 0.313 e. The molecule has 2 aliphatic rings. The minimum absolute atomic E-state index is 0.725. The van der Waals surface area contributed by atoms with E-state index in [0.717, 1.165) is 12.1 Å². The van der Waals surface area contributed by atoms with Crippen molar-refractivity contribution in [2.75, 3.05) is 39.3 Å². The van der Waals surface area contributed by atoms with Crippen molar-refractivity contribution in [2.45, 2.75) is 51.6 Å². The number of fused-ring (bicyclic) bond motifs is 1. The van der Waals surface area contributed by atoms with Crippen molar-refractivity contribution in [1.29, 1.82) is 0 Å². The Balaban J connectivity index is 1.63. The molecule has 1 N–H and O–H groups in total. The maximum Gasteiger partial charge on any atom is 0.0224 e. The van der Waals surface area contributed by atoms with E-state index in [1.165, 1.54) is 65.0 Å². The number of piperazine rings is 1. The maximum absolute atomic E-state index is 3.67. The van der Waals surface area contributed by atoms with Crippen LogP contribution in [0.2, 0.25) is 0 Å². The fourth-order valence-electron chi connectivity index (χ4n) is 3.26. The Morgan fingerprint density at radius 2 is 2.00 bits per heavy atom. The first-order valence-corrected chi connectivity index (χ1v) is 7.53. The Kier molecular flexibility index (Phi) is 5.26. The second kappa shape index (κ2) is 6.72. The van der Waals surface area contributed by atoms with Crippen LogP contribution in [0.15, 0.2) is 0 Å².